The van der Waals surface area contributed by atoms with Gasteiger partial charge < -0.3 is 4.74 Å². The first-order chi connectivity index (χ1) is 10.6. The SMILES string of the molecule is NNC(=O)/C=C/c1ccc(OCc2ccc(Br)cc2)c(I)c1. The number of hydrazine groups is 1. The molecule has 0 unspecified atom stereocenters. The molecule has 0 bridgehead atoms. The van der Waals surface area contributed by atoms with Crippen LogP contribution >= 0.6 is 38.5 Å². The molecular weight excluding hydrogens is 459 g/mol. The molecule has 0 aromatic heterocycles. The number of halogens is 2. The van der Waals surface area contributed by atoms with Gasteiger partial charge in [0.2, 0.25) is 0 Å². The smallest absolute Gasteiger partial charge is 0.257 e. The van der Waals surface area contributed by atoms with E-state index < -0.39 is 0 Å². The fourth-order valence-corrected chi connectivity index (χ4v) is 2.66. The van der Waals surface area contributed by atoms with Gasteiger partial charge in [0, 0.05) is 10.5 Å². The summed E-state index contributed by atoms with van der Waals surface area (Å²) >= 11 is 5.62. The van der Waals surface area contributed by atoms with E-state index in [4.69, 9.17) is 10.6 Å². The monoisotopic (exact) mass is 472 g/mol. The molecule has 1 amide bonds. The number of carbonyl (C=O) groups is 1. The van der Waals surface area contributed by atoms with Crippen LogP contribution < -0.4 is 16.0 Å². The van der Waals surface area contributed by atoms with Gasteiger partial charge in [-0.3, -0.25) is 10.2 Å². The average Bonchev–Trinajstić information content (AvgIpc) is 2.53. The van der Waals surface area contributed by atoms with Gasteiger partial charge in [0.05, 0.1) is 3.57 Å². The Kier molecular flexibility index (Phi) is 6.41. The van der Waals surface area contributed by atoms with Gasteiger partial charge >= 0.3 is 0 Å². The zero-order chi connectivity index (χ0) is 15.9. The number of nitrogens with two attached hydrogens (primary N) is 1. The van der Waals surface area contributed by atoms with E-state index in [1.807, 2.05) is 47.9 Å². The molecule has 22 heavy (non-hydrogen) atoms. The van der Waals surface area contributed by atoms with E-state index in [9.17, 15) is 4.79 Å². The minimum absolute atomic E-state index is 0.342. The highest BCUT2D eigenvalue weighted by Crippen LogP contribution is 2.24. The topological polar surface area (TPSA) is 64.3 Å². The van der Waals surface area contributed by atoms with Gasteiger partial charge in [-0.2, -0.15) is 0 Å². The first kappa shape index (κ1) is 17.0. The molecule has 2 aromatic carbocycles. The molecule has 2 rings (SSSR count). The number of ether oxygens (including phenoxy) is 1. The van der Waals surface area contributed by atoms with Crippen molar-refractivity contribution in [3.8, 4) is 5.75 Å². The molecule has 0 aliphatic heterocycles. The third kappa shape index (κ3) is 5.11. The van der Waals surface area contributed by atoms with E-state index in [1.54, 1.807) is 6.08 Å². The van der Waals surface area contributed by atoms with Gasteiger partial charge in [-0.25, -0.2) is 5.84 Å². The van der Waals surface area contributed by atoms with Gasteiger partial charge in [-0.15, -0.1) is 0 Å². The van der Waals surface area contributed by atoms with Crippen LogP contribution in [0.3, 0.4) is 0 Å². The number of hydrogen-bond donors (Lipinski definition) is 2. The first-order valence-corrected chi connectivity index (χ1v) is 8.31. The van der Waals surface area contributed by atoms with Gasteiger partial charge in [0.25, 0.3) is 5.91 Å². The average molecular weight is 473 g/mol. The Morgan fingerprint density at radius 1 is 1.27 bits per heavy atom. The molecule has 0 saturated heterocycles. The minimum atomic E-state index is -0.342. The second-order valence-corrected chi connectivity index (χ2v) is 6.52. The summed E-state index contributed by atoms with van der Waals surface area (Å²) in [5, 5.41) is 0. The van der Waals surface area contributed by atoms with Gasteiger partial charge in [-0.1, -0.05) is 34.1 Å². The summed E-state index contributed by atoms with van der Waals surface area (Å²) in [6.07, 6.45) is 3.08. The molecule has 3 N–H and O–H groups in total. The lowest BCUT2D eigenvalue weighted by Gasteiger charge is -2.09. The van der Waals surface area contributed by atoms with Crippen LogP contribution in [0.5, 0.6) is 5.75 Å². The van der Waals surface area contributed by atoms with Crippen molar-refractivity contribution in [1.29, 1.82) is 0 Å². The zero-order valence-corrected chi connectivity index (χ0v) is 15.3. The summed E-state index contributed by atoms with van der Waals surface area (Å²) in [6.45, 7) is 0.508. The normalized spacial score (nSPS) is 10.7. The Labute approximate surface area is 151 Å². The number of nitrogens with one attached hydrogen (secondary N) is 1. The van der Waals surface area contributed by atoms with Crippen molar-refractivity contribution in [3.05, 3.63) is 67.7 Å². The molecule has 0 aliphatic carbocycles. The van der Waals surface area contributed by atoms with Crippen LogP contribution in [0.1, 0.15) is 11.1 Å². The number of rotatable bonds is 5. The first-order valence-electron chi connectivity index (χ1n) is 6.44. The molecule has 2 aromatic rings. The predicted molar refractivity (Wildman–Crippen MR) is 99.0 cm³/mol. The zero-order valence-electron chi connectivity index (χ0n) is 11.6. The summed E-state index contributed by atoms with van der Waals surface area (Å²) in [7, 11) is 0. The van der Waals surface area contributed by atoms with Crippen LogP contribution in [0.4, 0.5) is 0 Å². The summed E-state index contributed by atoms with van der Waals surface area (Å²) in [6, 6.07) is 13.7. The van der Waals surface area contributed by atoms with Crippen LogP contribution in [0, 0.1) is 3.57 Å². The van der Waals surface area contributed by atoms with Crippen molar-refractivity contribution in [1.82, 2.24) is 5.43 Å². The van der Waals surface area contributed by atoms with Crippen molar-refractivity contribution in [2.75, 3.05) is 0 Å². The summed E-state index contributed by atoms with van der Waals surface area (Å²) < 4.78 is 7.84. The van der Waals surface area contributed by atoms with Crippen LogP contribution in [-0.2, 0) is 11.4 Å². The maximum absolute atomic E-state index is 11.1. The van der Waals surface area contributed by atoms with E-state index in [0.717, 1.165) is 24.9 Å². The maximum Gasteiger partial charge on any atom is 0.257 e. The Balaban J connectivity index is 2.02. The lowest BCUT2D eigenvalue weighted by molar-refractivity contribution is -0.116. The molecule has 0 radical (unpaired) electrons. The maximum atomic E-state index is 11.1. The van der Waals surface area contributed by atoms with E-state index in [2.05, 4.69) is 38.5 Å². The van der Waals surface area contributed by atoms with Crippen LogP contribution in [0.25, 0.3) is 6.08 Å². The molecule has 0 fully saturated rings. The quantitative estimate of drug-likeness (QED) is 0.229. The largest absolute Gasteiger partial charge is 0.488 e. The van der Waals surface area contributed by atoms with Crippen LogP contribution in [0.15, 0.2) is 53.0 Å². The highest BCUT2D eigenvalue weighted by Gasteiger charge is 2.03. The number of carbonyl (C=O) groups excluding carboxylic acids is 1. The highest BCUT2D eigenvalue weighted by molar-refractivity contribution is 14.1. The fraction of sp³-hybridized carbons (Fsp3) is 0.0625. The molecular formula is C16H14BrIN2O2. The molecule has 0 heterocycles. The van der Waals surface area contributed by atoms with Crippen LogP contribution in [-0.4, -0.2) is 5.91 Å². The van der Waals surface area contributed by atoms with Crippen molar-refractivity contribution in [3.63, 3.8) is 0 Å². The number of hydrogen-bond acceptors (Lipinski definition) is 3. The molecule has 4 nitrogen and oxygen atoms in total. The van der Waals surface area contributed by atoms with E-state index in [0.29, 0.717) is 6.61 Å². The number of benzene rings is 2. The fourth-order valence-electron chi connectivity index (χ4n) is 1.70. The third-order valence-electron chi connectivity index (χ3n) is 2.83. The lowest BCUT2D eigenvalue weighted by Crippen LogP contribution is -2.27. The summed E-state index contributed by atoms with van der Waals surface area (Å²) in [5.74, 6) is 5.49. The molecule has 0 saturated carbocycles. The van der Waals surface area contributed by atoms with E-state index >= 15 is 0 Å². The Bertz CT molecular complexity index is 687. The summed E-state index contributed by atoms with van der Waals surface area (Å²) in [5.41, 5.74) is 4.05. The van der Waals surface area contributed by atoms with E-state index in [-0.39, 0.29) is 5.91 Å². The molecule has 114 valence electrons. The minimum Gasteiger partial charge on any atom is -0.488 e. The van der Waals surface area contributed by atoms with Crippen molar-refractivity contribution < 1.29 is 9.53 Å². The van der Waals surface area contributed by atoms with Gasteiger partial charge in [0.15, 0.2) is 0 Å². The molecule has 0 atom stereocenters. The molecule has 0 aliphatic rings. The van der Waals surface area contributed by atoms with Gasteiger partial charge in [0.1, 0.15) is 12.4 Å². The summed E-state index contributed by atoms with van der Waals surface area (Å²) in [4.78, 5) is 11.1. The Hall–Kier alpha value is -1.38. The van der Waals surface area contributed by atoms with Crippen molar-refractivity contribution >= 4 is 50.5 Å². The second-order valence-electron chi connectivity index (χ2n) is 4.45. The van der Waals surface area contributed by atoms with Crippen molar-refractivity contribution in [2.24, 2.45) is 5.84 Å². The number of amides is 1. The molecule has 0 spiro atoms. The van der Waals surface area contributed by atoms with Gasteiger partial charge in [-0.05, 0) is 64.1 Å². The standard InChI is InChI=1S/C16H14BrIN2O2/c17-13-5-1-12(2-6-13)10-22-15-7-3-11(9-14(15)18)4-8-16(21)20-19/h1-9H,10,19H2,(H,20,21)/b8-4+. The third-order valence-corrected chi connectivity index (χ3v) is 4.20. The van der Waals surface area contributed by atoms with E-state index in [1.165, 1.54) is 6.08 Å². The van der Waals surface area contributed by atoms with Crippen molar-refractivity contribution in [2.45, 2.75) is 6.61 Å². The predicted octanol–water partition coefficient (Wildman–Crippen LogP) is 3.64. The second kappa shape index (κ2) is 8.30. The Morgan fingerprint density at radius 2 is 2.00 bits per heavy atom. The highest BCUT2D eigenvalue weighted by atomic mass is 127. The lowest BCUT2D eigenvalue weighted by atomic mass is 10.2. The van der Waals surface area contributed by atoms with Crippen LogP contribution in [0.2, 0.25) is 0 Å². The molecule has 6 heteroatoms. The Morgan fingerprint density at radius 3 is 2.64 bits per heavy atom.